The summed E-state index contributed by atoms with van der Waals surface area (Å²) < 4.78 is 6.55. The van der Waals surface area contributed by atoms with Crippen LogP contribution in [0, 0.1) is 0 Å². The van der Waals surface area contributed by atoms with E-state index in [-0.39, 0.29) is 11.6 Å². The number of likely N-dealkylation sites (N-methyl/N-ethyl adjacent to an activating group) is 1. The minimum absolute atomic E-state index is 0.0861. The highest BCUT2D eigenvalue weighted by Crippen LogP contribution is 2.22. The van der Waals surface area contributed by atoms with Crippen molar-refractivity contribution in [3.8, 4) is 0 Å². The van der Waals surface area contributed by atoms with Crippen LogP contribution in [0.3, 0.4) is 0 Å². The molecule has 3 nitrogen and oxygen atoms in total. The van der Waals surface area contributed by atoms with Crippen LogP contribution in [0.4, 0.5) is 0 Å². The van der Waals surface area contributed by atoms with E-state index in [1.807, 2.05) is 0 Å². The Morgan fingerprint density at radius 3 is 2.39 bits per heavy atom. The van der Waals surface area contributed by atoms with Crippen LogP contribution in [0.15, 0.2) is 28.7 Å². The van der Waals surface area contributed by atoms with Gasteiger partial charge in [0.05, 0.1) is 11.6 Å². The summed E-state index contributed by atoms with van der Waals surface area (Å²) in [4.78, 5) is 2.25. The van der Waals surface area contributed by atoms with E-state index in [2.05, 4.69) is 66.0 Å². The number of nitrogens with zero attached hydrogens (tertiary/aromatic N) is 1. The lowest BCUT2D eigenvalue weighted by Gasteiger charge is -2.42. The molecule has 102 valence electrons. The Morgan fingerprint density at radius 1 is 1.39 bits per heavy atom. The first-order valence-corrected chi connectivity index (χ1v) is 6.92. The molecule has 0 heterocycles. The van der Waals surface area contributed by atoms with E-state index in [1.54, 1.807) is 7.11 Å². The largest absolute Gasteiger partial charge is 0.380 e. The van der Waals surface area contributed by atoms with Gasteiger partial charge in [-0.15, -0.1) is 0 Å². The zero-order valence-electron chi connectivity index (χ0n) is 11.6. The van der Waals surface area contributed by atoms with E-state index in [9.17, 15) is 0 Å². The van der Waals surface area contributed by atoms with Gasteiger partial charge in [-0.3, -0.25) is 4.90 Å². The van der Waals surface area contributed by atoms with E-state index in [4.69, 9.17) is 10.5 Å². The van der Waals surface area contributed by atoms with Gasteiger partial charge < -0.3 is 10.5 Å². The smallest absolute Gasteiger partial charge is 0.0736 e. The van der Waals surface area contributed by atoms with E-state index >= 15 is 0 Å². The Bertz CT molecular complexity index is 369. The van der Waals surface area contributed by atoms with Crippen LogP contribution >= 0.6 is 15.9 Å². The Hall–Kier alpha value is -0.420. The molecule has 0 radical (unpaired) electrons. The van der Waals surface area contributed by atoms with Gasteiger partial charge in [0.2, 0.25) is 0 Å². The molecule has 0 aliphatic heterocycles. The highest BCUT2D eigenvalue weighted by molar-refractivity contribution is 9.10. The average Bonchev–Trinajstić information content (AvgIpc) is 2.39. The molecule has 0 aromatic heterocycles. The summed E-state index contributed by atoms with van der Waals surface area (Å²) >= 11 is 3.45. The number of hydrogen-bond donors (Lipinski definition) is 1. The van der Waals surface area contributed by atoms with Crippen LogP contribution in [-0.2, 0) is 11.3 Å². The molecule has 18 heavy (non-hydrogen) atoms. The lowest BCUT2D eigenvalue weighted by Crippen LogP contribution is -2.57. The highest BCUT2D eigenvalue weighted by Gasteiger charge is 2.34. The van der Waals surface area contributed by atoms with Gasteiger partial charge in [0.25, 0.3) is 0 Å². The lowest BCUT2D eigenvalue weighted by atomic mass is 9.93. The molecular formula is C14H23BrN2O. The number of rotatable bonds is 6. The number of methoxy groups -OCH3 is 1. The Morgan fingerprint density at radius 2 is 1.94 bits per heavy atom. The predicted octanol–water partition coefficient (Wildman–Crippen LogP) is 2.63. The van der Waals surface area contributed by atoms with Crippen molar-refractivity contribution in [2.75, 3.05) is 20.7 Å². The molecule has 0 spiro atoms. The fourth-order valence-corrected chi connectivity index (χ4v) is 2.19. The van der Waals surface area contributed by atoms with Crippen molar-refractivity contribution in [1.82, 2.24) is 4.90 Å². The molecule has 1 aromatic rings. The molecule has 0 saturated carbocycles. The summed E-state index contributed by atoms with van der Waals surface area (Å²) in [6, 6.07) is 8.36. The summed E-state index contributed by atoms with van der Waals surface area (Å²) in [6.45, 7) is 5.62. The average molecular weight is 315 g/mol. The number of hydrogen-bond acceptors (Lipinski definition) is 3. The normalized spacial score (nSPS) is 16.6. The van der Waals surface area contributed by atoms with E-state index < -0.39 is 0 Å². The van der Waals surface area contributed by atoms with Gasteiger partial charge in [0.15, 0.2) is 0 Å². The minimum atomic E-state index is -0.165. The maximum atomic E-state index is 5.93. The molecule has 2 N–H and O–H groups in total. The molecule has 4 heteroatoms. The first-order valence-electron chi connectivity index (χ1n) is 6.12. The van der Waals surface area contributed by atoms with Crippen molar-refractivity contribution in [2.24, 2.45) is 5.73 Å². The first-order chi connectivity index (χ1) is 8.43. The molecule has 2 unspecified atom stereocenters. The second-order valence-corrected chi connectivity index (χ2v) is 5.84. The second kappa shape index (κ2) is 6.66. The zero-order chi connectivity index (χ0) is 13.8. The van der Waals surface area contributed by atoms with Crippen LogP contribution in [0.2, 0.25) is 0 Å². The van der Waals surface area contributed by atoms with Crippen LogP contribution in [0.1, 0.15) is 19.4 Å². The number of nitrogens with two attached hydrogens (primary N) is 1. The number of halogens is 1. The van der Waals surface area contributed by atoms with Gasteiger partial charge in [-0.05, 0) is 38.6 Å². The Balaban J connectivity index is 2.79. The summed E-state index contributed by atoms with van der Waals surface area (Å²) in [7, 11) is 3.82. The van der Waals surface area contributed by atoms with E-state index in [0.717, 1.165) is 11.0 Å². The number of benzene rings is 1. The van der Waals surface area contributed by atoms with Crippen LogP contribution in [0.5, 0.6) is 0 Å². The summed E-state index contributed by atoms with van der Waals surface area (Å²) in [5, 5.41) is 0. The van der Waals surface area contributed by atoms with Crippen LogP contribution in [-0.4, -0.2) is 37.2 Å². The van der Waals surface area contributed by atoms with Gasteiger partial charge in [-0.2, -0.15) is 0 Å². The maximum absolute atomic E-state index is 5.93. The molecule has 0 saturated heterocycles. The molecule has 1 rings (SSSR count). The van der Waals surface area contributed by atoms with Gasteiger partial charge >= 0.3 is 0 Å². The van der Waals surface area contributed by atoms with Crippen molar-refractivity contribution >= 4 is 15.9 Å². The topological polar surface area (TPSA) is 38.5 Å². The first kappa shape index (κ1) is 15.6. The highest BCUT2D eigenvalue weighted by atomic mass is 79.9. The molecule has 1 aromatic carbocycles. The fourth-order valence-electron chi connectivity index (χ4n) is 1.93. The fraction of sp³-hybridized carbons (Fsp3) is 0.571. The molecule has 0 bridgehead atoms. The SMILES string of the molecule is COC(C)C(C)(CN)N(C)Cc1ccc(Br)cc1. The third kappa shape index (κ3) is 3.54. The summed E-state index contributed by atoms with van der Waals surface area (Å²) in [6.07, 6.45) is 0.0861. The standard InChI is InChI=1S/C14H23BrN2O/c1-11(18-4)14(2,10-16)17(3)9-12-5-7-13(15)8-6-12/h5-8,11H,9-10,16H2,1-4H3. The van der Waals surface area contributed by atoms with Crippen molar-refractivity contribution in [2.45, 2.75) is 32.0 Å². The van der Waals surface area contributed by atoms with Gasteiger partial charge in [0.1, 0.15) is 0 Å². The lowest BCUT2D eigenvalue weighted by molar-refractivity contribution is -0.0230. The van der Waals surface area contributed by atoms with Crippen molar-refractivity contribution in [3.05, 3.63) is 34.3 Å². The van der Waals surface area contributed by atoms with E-state index in [1.165, 1.54) is 5.56 Å². The minimum Gasteiger partial charge on any atom is -0.380 e. The van der Waals surface area contributed by atoms with Crippen molar-refractivity contribution < 1.29 is 4.74 Å². The zero-order valence-corrected chi connectivity index (χ0v) is 13.2. The number of ether oxygens (including phenoxy) is 1. The van der Waals surface area contributed by atoms with Gasteiger partial charge in [-0.25, -0.2) is 0 Å². The molecule has 2 atom stereocenters. The van der Waals surface area contributed by atoms with Gasteiger partial charge in [-0.1, -0.05) is 28.1 Å². The van der Waals surface area contributed by atoms with Gasteiger partial charge in [0, 0.05) is 24.7 Å². The van der Waals surface area contributed by atoms with Crippen molar-refractivity contribution in [1.29, 1.82) is 0 Å². The van der Waals surface area contributed by atoms with Crippen LogP contribution < -0.4 is 5.73 Å². The second-order valence-electron chi connectivity index (χ2n) is 4.92. The third-order valence-electron chi connectivity index (χ3n) is 3.85. The van der Waals surface area contributed by atoms with Crippen LogP contribution in [0.25, 0.3) is 0 Å². The molecular weight excluding hydrogens is 292 g/mol. The van der Waals surface area contributed by atoms with Crippen molar-refractivity contribution in [3.63, 3.8) is 0 Å². The molecule has 0 amide bonds. The Labute approximate surface area is 118 Å². The predicted molar refractivity (Wildman–Crippen MR) is 79.5 cm³/mol. The summed E-state index contributed by atoms with van der Waals surface area (Å²) in [5.41, 5.74) is 7.04. The summed E-state index contributed by atoms with van der Waals surface area (Å²) in [5.74, 6) is 0. The van der Waals surface area contributed by atoms with E-state index in [0.29, 0.717) is 6.54 Å². The Kier molecular flexibility index (Phi) is 5.79. The molecule has 0 aliphatic rings. The molecule has 0 aliphatic carbocycles. The monoisotopic (exact) mass is 314 g/mol. The third-order valence-corrected chi connectivity index (χ3v) is 4.38. The molecule has 0 fully saturated rings. The quantitative estimate of drug-likeness (QED) is 0.877. The maximum Gasteiger partial charge on any atom is 0.0736 e.